The second-order valence-corrected chi connectivity index (χ2v) is 12.1. The third-order valence-electron chi connectivity index (χ3n) is 9.97. The van der Waals surface area contributed by atoms with Gasteiger partial charge in [0.15, 0.2) is 0 Å². The Labute approximate surface area is 216 Å². The number of hydrogen-bond acceptors (Lipinski definition) is 0. The van der Waals surface area contributed by atoms with Crippen LogP contribution in [0.25, 0.3) is 6.08 Å². The van der Waals surface area contributed by atoms with Gasteiger partial charge in [-0.3, -0.25) is 0 Å². The highest BCUT2D eigenvalue weighted by Gasteiger charge is 2.39. The Morgan fingerprint density at radius 3 is 1.72 bits per heavy atom. The van der Waals surface area contributed by atoms with Crippen molar-refractivity contribution in [2.75, 3.05) is 0 Å². The highest BCUT2D eigenvalue weighted by molar-refractivity contribution is 5.56. The number of benzene rings is 1. The van der Waals surface area contributed by atoms with Crippen LogP contribution >= 0.6 is 0 Å². The molecule has 0 saturated heterocycles. The SMILES string of the molecule is CCC=Cc1ccc(C2CCC(C3CCC(C4CCC(CCC)CC4)CC3)CC2)c(F)c1C(F)(F)F. The molecule has 0 amide bonds. The summed E-state index contributed by atoms with van der Waals surface area (Å²) < 4.78 is 56.4. The van der Waals surface area contributed by atoms with Gasteiger partial charge in [0.05, 0.1) is 5.56 Å². The molecule has 202 valence electrons. The monoisotopic (exact) mass is 506 g/mol. The summed E-state index contributed by atoms with van der Waals surface area (Å²) in [5, 5.41) is 0. The summed E-state index contributed by atoms with van der Waals surface area (Å²) in [5.74, 6) is 3.11. The van der Waals surface area contributed by atoms with E-state index in [1.54, 1.807) is 12.1 Å². The maximum atomic E-state index is 15.2. The molecule has 3 aliphatic carbocycles. The molecule has 0 aromatic heterocycles. The van der Waals surface area contributed by atoms with Crippen LogP contribution in [0.1, 0.15) is 133 Å². The topological polar surface area (TPSA) is 0 Å². The summed E-state index contributed by atoms with van der Waals surface area (Å²) in [7, 11) is 0. The fourth-order valence-corrected chi connectivity index (χ4v) is 7.94. The van der Waals surface area contributed by atoms with Gasteiger partial charge in [-0.05, 0) is 117 Å². The smallest absolute Gasteiger partial charge is 0.206 e. The first-order valence-electron chi connectivity index (χ1n) is 14.9. The zero-order valence-corrected chi connectivity index (χ0v) is 22.4. The third kappa shape index (κ3) is 6.57. The Hall–Kier alpha value is -1.32. The van der Waals surface area contributed by atoms with Crippen LogP contribution in [0.5, 0.6) is 0 Å². The van der Waals surface area contributed by atoms with Gasteiger partial charge in [-0.2, -0.15) is 13.2 Å². The predicted molar refractivity (Wildman–Crippen MR) is 141 cm³/mol. The Morgan fingerprint density at radius 1 is 0.750 bits per heavy atom. The fraction of sp³-hybridized carbons (Fsp3) is 0.750. The second kappa shape index (κ2) is 12.5. The van der Waals surface area contributed by atoms with E-state index in [0.29, 0.717) is 12.3 Å². The van der Waals surface area contributed by atoms with Crippen molar-refractivity contribution in [1.82, 2.24) is 0 Å². The van der Waals surface area contributed by atoms with Crippen LogP contribution in [0, 0.1) is 35.4 Å². The molecular weight excluding hydrogens is 460 g/mol. The van der Waals surface area contributed by atoms with Crippen molar-refractivity contribution in [2.24, 2.45) is 29.6 Å². The molecule has 36 heavy (non-hydrogen) atoms. The largest absolute Gasteiger partial charge is 0.419 e. The van der Waals surface area contributed by atoms with Crippen LogP contribution in [-0.4, -0.2) is 0 Å². The van der Waals surface area contributed by atoms with Crippen molar-refractivity contribution in [3.8, 4) is 0 Å². The van der Waals surface area contributed by atoms with Gasteiger partial charge >= 0.3 is 6.18 Å². The minimum Gasteiger partial charge on any atom is -0.206 e. The maximum Gasteiger partial charge on any atom is 0.419 e. The third-order valence-corrected chi connectivity index (χ3v) is 9.97. The van der Waals surface area contributed by atoms with Crippen LogP contribution in [-0.2, 0) is 6.18 Å². The number of halogens is 4. The lowest BCUT2D eigenvalue weighted by atomic mass is 9.64. The Balaban J connectivity index is 1.31. The molecule has 3 aliphatic rings. The van der Waals surface area contributed by atoms with Gasteiger partial charge < -0.3 is 0 Å². The summed E-state index contributed by atoms with van der Waals surface area (Å²) in [6.45, 7) is 4.16. The Bertz CT molecular complexity index is 846. The normalized spacial score (nSPS) is 32.2. The van der Waals surface area contributed by atoms with Crippen molar-refractivity contribution in [1.29, 1.82) is 0 Å². The Morgan fingerprint density at radius 2 is 1.25 bits per heavy atom. The van der Waals surface area contributed by atoms with Crippen molar-refractivity contribution in [3.63, 3.8) is 0 Å². The molecule has 0 radical (unpaired) electrons. The molecule has 4 heteroatoms. The number of rotatable bonds is 7. The molecule has 3 saturated carbocycles. The molecule has 0 bridgehead atoms. The molecule has 0 spiro atoms. The zero-order chi connectivity index (χ0) is 25.7. The molecule has 0 aliphatic heterocycles. The molecular formula is C32H46F4. The number of alkyl halides is 3. The van der Waals surface area contributed by atoms with E-state index in [1.807, 2.05) is 6.92 Å². The lowest BCUT2D eigenvalue weighted by Crippen LogP contribution is -2.29. The molecule has 3 fully saturated rings. The average Bonchev–Trinajstić information content (AvgIpc) is 2.88. The van der Waals surface area contributed by atoms with Crippen molar-refractivity contribution >= 4 is 6.08 Å². The first-order chi connectivity index (χ1) is 17.3. The van der Waals surface area contributed by atoms with Gasteiger partial charge in [-0.25, -0.2) is 4.39 Å². The van der Waals surface area contributed by atoms with Gasteiger partial charge in [0, 0.05) is 0 Å². The standard InChI is InChI=1S/C32H46F4/c1-3-5-7-28-20-21-29(31(33)30(28)32(34,35)36)27-18-16-26(17-19-27)25-14-12-24(13-15-25)23-10-8-22(6-4-2)9-11-23/h5,7,20-27H,3-4,6,8-19H2,1-2H3. The van der Waals surface area contributed by atoms with Crippen molar-refractivity contribution in [2.45, 2.75) is 122 Å². The van der Waals surface area contributed by atoms with Crippen LogP contribution in [0.15, 0.2) is 18.2 Å². The molecule has 1 aromatic carbocycles. The summed E-state index contributed by atoms with van der Waals surface area (Å²) in [4.78, 5) is 0. The van der Waals surface area contributed by atoms with Crippen LogP contribution in [0.2, 0.25) is 0 Å². The molecule has 0 nitrogen and oxygen atoms in total. The fourth-order valence-electron chi connectivity index (χ4n) is 7.94. The molecule has 0 N–H and O–H groups in total. The quantitative estimate of drug-likeness (QED) is 0.323. The van der Waals surface area contributed by atoms with E-state index in [9.17, 15) is 13.2 Å². The summed E-state index contributed by atoms with van der Waals surface area (Å²) in [6, 6.07) is 3.09. The minimum absolute atomic E-state index is 0.0603. The van der Waals surface area contributed by atoms with Gasteiger partial charge in [-0.15, -0.1) is 0 Å². The lowest BCUT2D eigenvalue weighted by Gasteiger charge is -2.41. The zero-order valence-electron chi connectivity index (χ0n) is 22.4. The molecule has 0 atom stereocenters. The van der Waals surface area contributed by atoms with E-state index >= 15 is 4.39 Å². The van der Waals surface area contributed by atoms with Crippen LogP contribution < -0.4 is 0 Å². The summed E-state index contributed by atoms with van der Waals surface area (Å²) in [5.41, 5.74) is -0.874. The molecule has 4 rings (SSSR count). The van der Waals surface area contributed by atoms with Gasteiger partial charge in [0.25, 0.3) is 0 Å². The Kier molecular flexibility index (Phi) is 9.61. The summed E-state index contributed by atoms with van der Waals surface area (Å²) >= 11 is 0. The second-order valence-electron chi connectivity index (χ2n) is 12.1. The van der Waals surface area contributed by atoms with E-state index < -0.39 is 17.6 Å². The van der Waals surface area contributed by atoms with E-state index in [0.717, 1.165) is 49.4 Å². The average molecular weight is 507 g/mol. The van der Waals surface area contributed by atoms with Crippen LogP contribution in [0.3, 0.4) is 0 Å². The molecule has 0 unspecified atom stereocenters. The van der Waals surface area contributed by atoms with Crippen molar-refractivity contribution in [3.05, 3.63) is 40.7 Å². The van der Waals surface area contributed by atoms with Crippen molar-refractivity contribution < 1.29 is 17.6 Å². The minimum atomic E-state index is -4.68. The van der Waals surface area contributed by atoms with E-state index in [-0.39, 0.29) is 17.0 Å². The van der Waals surface area contributed by atoms with Gasteiger partial charge in [0.1, 0.15) is 5.82 Å². The van der Waals surface area contributed by atoms with Gasteiger partial charge in [0.2, 0.25) is 0 Å². The molecule has 1 aromatic rings. The first-order valence-corrected chi connectivity index (χ1v) is 14.9. The number of allylic oxidation sites excluding steroid dienone is 1. The summed E-state index contributed by atoms with van der Waals surface area (Å²) in [6.07, 6.45) is 16.5. The van der Waals surface area contributed by atoms with E-state index in [1.165, 1.54) is 76.4 Å². The first kappa shape index (κ1) is 27.7. The van der Waals surface area contributed by atoms with Gasteiger partial charge in [-0.1, -0.05) is 63.8 Å². The van der Waals surface area contributed by atoms with E-state index in [4.69, 9.17) is 0 Å². The predicted octanol–water partition coefficient (Wildman–Crippen LogP) is 11.0. The lowest BCUT2D eigenvalue weighted by molar-refractivity contribution is -0.140. The highest BCUT2D eigenvalue weighted by atomic mass is 19.4. The maximum absolute atomic E-state index is 15.2. The molecule has 0 heterocycles. The van der Waals surface area contributed by atoms with E-state index in [2.05, 4.69) is 6.92 Å². The van der Waals surface area contributed by atoms with Crippen LogP contribution in [0.4, 0.5) is 17.6 Å². The number of hydrogen-bond donors (Lipinski definition) is 0. The highest BCUT2D eigenvalue weighted by Crippen LogP contribution is 2.48.